The highest BCUT2D eigenvalue weighted by atomic mass is 32.2. The van der Waals surface area contributed by atoms with E-state index in [1.807, 2.05) is 29.2 Å². The molecule has 0 bridgehead atoms. The van der Waals surface area contributed by atoms with E-state index in [0.717, 1.165) is 54.4 Å². The van der Waals surface area contributed by atoms with Crippen LogP contribution in [0.4, 0.5) is 5.69 Å². The molecule has 0 spiro atoms. The average Bonchev–Trinajstić information content (AvgIpc) is 2.62. The fourth-order valence-electron chi connectivity index (χ4n) is 3.30. The molecular weight excluding hydrogens is 358 g/mol. The highest BCUT2D eigenvalue weighted by Gasteiger charge is 2.30. The van der Waals surface area contributed by atoms with Gasteiger partial charge in [-0.05, 0) is 62.9 Å². The van der Waals surface area contributed by atoms with E-state index in [9.17, 15) is 14.7 Å². The van der Waals surface area contributed by atoms with Gasteiger partial charge in [-0.2, -0.15) is 0 Å². The van der Waals surface area contributed by atoms with Crippen molar-refractivity contribution in [2.75, 3.05) is 11.4 Å². The first kappa shape index (κ1) is 22.0. The third-order valence-electron chi connectivity index (χ3n) is 5.01. The molecule has 0 atom stereocenters. The number of anilines is 1. The van der Waals surface area contributed by atoms with Crippen molar-refractivity contribution in [3.05, 3.63) is 24.3 Å². The van der Waals surface area contributed by atoms with Gasteiger partial charge in [0.2, 0.25) is 11.0 Å². The van der Waals surface area contributed by atoms with Crippen molar-refractivity contribution in [2.24, 2.45) is 11.8 Å². The van der Waals surface area contributed by atoms with Crippen molar-refractivity contribution in [1.29, 1.82) is 0 Å². The molecule has 1 aromatic rings. The highest BCUT2D eigenvalue weighted by molar-refractivity contribution is 8.14. The number of aliphatic hydroxyl groups is 1. The van der Waals surface area contributed by atoms with Gasteiger partial charge in [-0.3, -0.25) is 9.59 Å². The van der Waals surface area contributed by atoms with Gasteiger partial charge in [0.25, 0.3) is 0 Å². The number of rotatable bonds is 7. The molecule has 4 nitrogen and oxygen atoms in total. The molecule has 1 aliphatic rings. The minimum absolute atomic E-state index is 0.0777. The molecular formula is C22H33NO3S. The van der Waals surface area contributed by atoms with E-state index in [-0.39, 0.29) is 16.9 Å². The summed E-state index contributed by atoms with van der Waals surface area (Å²) in [6.45, 7) is 7.95. The zero-order chi connectivity index (χ0) is 20.0. The predicted octanol–water partition coefficient (Wildman–Crippen LogP) is 5.04. The number of carbonyl (C=O) groups excluding carboxylic acids is 2. The Morgan fingerprint density at radius 1 is 1.19 bits per heavy atom. The Balaban J connectivity index is 2.31. The third-order valence-corrected chi connectivity index (χ3v) is 6.26. The maximum absolute atomic E-state index is 13.3. The predicted molar refractivity (Wildman–Crippen MR) is 112 cm³/mol. The molecule has 5 heteroatoms. The lowest BCUT2D eigenvalue weighted by atomic mass is 9.88. The van der Waals surface area contributed by atoms with Crippen molar-refractivity contribution < 1.29 is 14.7 Å². The molecule has 0 saturated heterocycles. The van der Waals surface area contributed by atoms with Gasteiger partial charge in [0.05, 0.1) is 5.69 Å². The van der Waals surface area contributed by atoms with Crippen LogP contribution in [0.5, 0.6) is 0 Å². The van der Waals surface area contributed by atoms with E-state index in [2.05, 4.69) is 13.8 Å². The molecule has 150 valence electrons. The van der Waals surface area contributed by atoms with Gasteiger partial charge in [0.1, 0.15) is 5.60 Å². The first-order valence-electron chi connectivity index (χ1n) is 10.0. The summed E-state index contributed by atoms with van der Waals surface area (Å²) in [4.78, 5) is 28.3. The molecule has 1 aliphatic carbocycles. The van der Waals surface area contributed by atoms with Gasteiger partial charge >= 0.3 is 0 Å². The quantitative estimate of drug-likeness (QED) is 0.662. The number of thioether (sulfide) groups is 1. The molecule has 0 radical (unpaired) electrons. The van der Waals surface area contributed by atoms with Crippen LogP contribution in [0.3, 0.4) is 0 Å². The van der Waals surface area contributed by atoms with E-state index >= 15 is 0 Å². The second-order valence-electron chi connectivity index (χ2n) is 8.42. The van der Waals surface area contributed by atoms with Crippen molar-refractivity contribution in [3.8, 4) is 0 Å². The molecule has 1 amide bonds. The lowest BCUT2D eigenvalue weighted by Crippen LogP contribution is -2.38. The number of hydrogen-bond acceptors (Lipinski definition) is 4. The van der Waals surface area contributed by atoms with Crippen LogP contribution in [0.25, 0.3) is 0 Å². The van der Waals surface area contributed by atoms with Crippen molar-refractivity contribution >= 4 is 28.5 Å². The molecule has 0 aromatic heterocycles. The van der Waals surface area contributed by atoms with Gasteiger partial charge < -0.3 is 10.0 Å². The first-order chi connectivity index (χ1) is 12.7. The van der Waals surface area contributed by atoms with Gasteiger partial charge in [-0.15, -0.1) is 0 Å². The van der Waals surface area contributed by atoms with Crippen LogP contribution in [-0.2, 0) is 9.59 Å². The minimum Gasteiger partial charge on any atom is -0.382 e. The van der Waals surface area contributed by atoms with Crippen LogP contribution in [0.1, 0.15) is 66.2 Å². The summed E-state index contributed by atoms with van der Waals surface area (Å²) in [6, 6.07) is 7.56. The zero-order valence-corrected chi connectivity index (χ0v) is 17.8. The number of para-hydroxylation sites is 1. The van der Waals surface area contributed by atoms with E-state index in [1.54, 1.807) is 0 Å². The Labute approximate surface area is 167 Å². The second-order valence-corrected chi connectivity index (χ2v) is 9.44. The van der Waals surface area contributed by atoms with Crippen molar-refractivity contribution in [1.82, 2.24) is 0 Å². The van der Waals surface area contributed by atoms with Crippen LogP contribution >= 0.6 is 11.8 Å². The summed E-state index contributed by atoms with van der Waals surface area (Å²) in [5.41, 5.74) is -0.621. The van der Waals surface area contributed by atoms with E-state index in [0.29, 0.717) is 12.5 Å². The lowest BCUT2D eigenvalue weighted by Gasteiger charge is -2.31. The monoisotopic (exact) mass is 391 g/mol. The van der Waals surface area contributed by atoms with Crippen LogP contribution in [-0.4, -0.2) is 28.3 Å². The molecule has 2 rings (SSSR count). The van der Waals surface area contributed by atoms with Crippen LogP contribution in [0.2, 0.25) is 0 Å². The largest absolute Gasteiger partial charge is 0.382 e. The number of carbonyl (C=O) groups is 2. The Morgan fingerprint density at radius 2 is 1.81 bits per heavy atom. The van der Waals surface area contributed by atoms with Crippen LogP contribution in [0, 0.1) is 11.8 Å². The number of benzene rings is 1. The molecule has 1 N–H and O–H groups in total. The van der Waals surface area contributed by atoms with Crippen LogP contribution < -0.4 is 4.90 Å². The molecule has 1 aromatic carbocycles. The maximum Gasteiger partial charge on any atom is 0.230 e. The summed E-state index contributed by atoms with van der Waals surface area (Å²) in [7, 11) is 0. The Kier molecular flexibility index (Phi) is 7.92. The second kappa shape index (κ2) is 9.74. The summed E-state index contributed by atoms with van der Waals surface area (Å²) in [5, 5.41) is 9.70. The van der Waals surface area contributed by atoms with Gasteiger partial charge in [-0.25, -0.2) is 0 Å². The third kappa shape index (κ3) is 6.35. The summed E-state index contributed by atoms with van der Waals surface area (Å²) in [6.07, 6.45) is 6.26. The van der Waals surface area contributed by atoms with Gasteiger partial charge in [0, 0.05) is 17.4 Å². The molecule has 27 heavy (non-hydrogen) atoms. The molecule has 1 fully saturated rings. The fourth-order valence-corrected chi connectivity index (χ4v) is 4.18. The van der Waals surface area contributed by atoms with Crippen molar-refractivity contribution in [2.45, 2.75) is 76.7 Å². The number of nitrogens with zero attached hydrogens (tertiary/aromatic N) is 1. The maximum atomic E-state index is 13.3. The Morgan fingerprint density at radius 3 is 2.41 bits per heavy atom. The van der Waals surface area contributed by atoms with Crippen molar-refractivity contribution in [3.63, 3.8) is 0 Å². The number of hydrogen-bond donors (Lipinski definition) is 1. The van der Waals surface area contributed by atoms with E-state index in [4.69, 9.17) is 0 Å². The zero-order valence-electron chi connectivity index (χ0n) is 17.0. The van der Waals surface area contributed by atoms with E-state index < -0.39 is 5.60 Å². The highest BCUT2D eigenvalue weighted by Crippen LogP contribution is 2.35. The smallest absolute Gasteiger partial charge is 0.230 e. The Hall–Kier alpha value is -1.33. The Bertz CT molecular complexity index is 645. The first-order valence-corrected chi connectivity index (χ1v) is 10.9. The normalized spacial score (nSPS) is 15.8. The minimum atomic E-state index is -1.41. The molecule has 0 heterocycles. The van der Waals surface area contributed by atoms with E-state index in [1.165, 1.54) is 20.3 Å². The van der Waals surface area contributed by atoms with Gasteiger partial charge in [0.15, 0.2) is 0 Å². The summed E-state index contributed by atoms with van der Waals surface area (Å²) < 4.78 is 0. The fraction of sp³-hybridized carbons (Fsp3) is 0.636. The standard InChI is InChI=1S/C22H33NO3S/c1-16(2)14-15-23(20(24)17-10-6-5-7-11-17)18-12-8-9-13-19(18)27-21(25)22(3,4)26/h8-9,12-13,16-17,26H,5-7,10-11,14-15H2,1-4H3. The number of amides is 1. The van der Waals surface area contributed by atoms with Crippen LogP contribution in [0.15, 0.2) is 29.2 Å². The summed E-state index contributed by atoms with van der Waals surface area (Å²) in [5.74, 6) is 0.748. The average molecular weight is 392 g/mol. The van der Waals surface area contributed by atoms with Gasteiger partial charge in [-0.1, -0.05) is 45.2 Å². The topological polar surface area (TPSA) is 57.6 Å². The lowest BCUT2D eigenvalue weighted by molar-refractivity contribution is -0.124. The SMILES string of the molecule is CC(C)CCN(C(=O)C1CCCCC1)c1ccccc1SC(=O)C(C)(C)O. The molecule has 1 saturated carbocycles. The molecule has 0 unspecified atom stereocenters. The molecule has 0 aliphatic heterocycles. The summed E-state index contributed by atoms with van der Waals surface area (Å²) >= 11 is 1.02.